The molecule has 9 heteroatoms. The number of alkyl halides is 3. The van der Waals surface area contributed by atoms with E-state index in [0.29, 0.717) is 12.3 Å². The summed E-state index contributed by atoms with van der Waals surface area (Å²) in [6.45, 7) is 0. The van der Waals surface area contributed by atoms with Crippen molar-refractivity contribution in [2.24, 2.45) is 0 Å². The largest absolute Gasteiger partial charge is 0.432 e. The van der Waals surface area contributed by atoms with E-state index in [1.165, 1.54) is 14.1 Å². The van der Waals surface area contributed by atoms with Crippen LogP contribution in [0.15, 0.2) is 30.1 Å². The van der Waals surface area contributed by atoms with E-state index in [1.54, 1.807) is 5.32 Å². The second-order valence-electron chi connectivity index (χ2n) is 4.21. The minimum absolute atomic E-state index is 0.183. The van der Waals surface area contributed by atoms with Crippen molar-refractivity contribution < 1.29 is 26.7 Å². The van der Waals surface area contributed by atoms with Crippen LogP contribution in [0.3, 0.4) is 0 Å². The molecule has 0 radical (unpaired) electrons. The molecular weight excluding hydrogens is 297 g/mol. The molecule has 21 heavy (non-hydrogen) atoms. The lowest BCUT2D eigenvalue weighted by Gasteiger charge is -2.16. The molecule has 1 aromatic rings. The SMILES string of the molecule is CN(C)C=C(NC(=O)Nc1ccc(F)c(F)c1)C(F)(F)F. The molecular formula is C12H12F5N3O. The molecule has 0 aliphatic heterocycles. The van der Waals surface area contributed by atoms with Gasteiger partial charge in [0.2, 0.25) is 0 Å². The van der Waals surface area contributed by atoms with E-state index in [1.807, 2.05) is 5.32 Å². The lowest BCUT2D eigenvalue weighted by Crippen LogP contribution is -2.35. The molecule has 0 unspecified atom stereocenters. The first kappa shape index (κ1) is 16.7. The van der Waals surface area contributed by atoms with E-state index in [9.17, 15) is 26.7 Å². The average Bonchev–Trinajstić information content (AvgIpc) is 2.31. The van der Waals surface area contributed by atoms with Crippen molar-refractivity contribution in [1.29, 1.82) is 0 Å². The quantitative estimate of drug-likeness (QED) is 0.843. The molecule has 116 valence electrons. The first-order chi connectivity index (χ1) is 9.59. The Morgan fingerprint density at radius 2 is 1.81 bits per heavy atom. The summed E-state index contributed by atoms with van der Waals surface area (Å²) in [5.41, 5.74) is -1.48. The van der Waals surface area contributed by atoms with Crippen molar-refractivity contribution in [1.82, 2.24) is 10.2 Å². The number of allylic oxidation sites excluding steroid dienone is 1. The maximum atomic E-state index is 12.9. The van der Waals surface area contributed by atoms with Gasteiger partial charge < -0.3 is 15.5 Å². The van der Waals surface area contributed by atoms with Crippen molar-refractivity contribution in [2.75, 3.05) is 19.4 Å². The third-order valence-corrected chi connectivity index (χ3v) is 2.12. The van der Waals surface area contributed by atoms with Gasteiger partial charge >= 0.3 is 12.2 Å². The average molecular weight is 309 g/mol. The van der Waals surface area contributed by atoms with Crippen LogP contribution in [-0.4, -0.2) is 31.2 Å². The van der Waals surface area contributed by atoms with Gasteiger partial charge in [-0.15, -0.1) is 0 Å². The molecule has 0 spiro atoms. The van der Waals surface area contributed by atoms with Gasteiger partial charge in [-0.25, -0.2) is 13.6 Å². The standard InChI is InChI=1S/C12H12F5N3O/c1-20(2)6-10(12(15,16)17)19-11(21)18-7-3-4-8(13)9(14)5-7/h3-6H,1-2H3,(H2,18,19,21). The first-order valence-electron chi connectivity index (χ1n) is 5.58. The molecule has 0 saturated carbocycles. The molecule has 0 saturated heterocycles. The Morgan fingerprint density at radius 3 is 2.29 bits per heavy atom. The summed E-state index contributed by atoms with van der Waals surface area (Å²) in [5, 5.41) is 3.57. The summed E-state index contributed by atoms with van der Waals surface area (Å²) in [7, 11) is 2.70. The van der Waals surface area contributed by atoms with Crippen molar-refractivity contribution in [3.63, 3.8) is 0 Å². The van der Waals surface area contributed by atoms with E-state index in [0.717, 1.165) is 17.0 Å². The maximum absolute atomic E-state index is 12.9. The second kappa shape index (κ2) is 6.42. The summed E-state index contributed by atoms with van der Waals surface area (Å²) in [6, 6.07) is 1.18. The molecule has 2 amide bonds. The highest BCUT2D eigenvalue weighted by Crippen LogP contribution is 2.23. The number of hydrogen-bond donors (Lipinski definition) is 2. The lowest BCUT2D eigenvalue weighted by atomic mass is 10.3. The van der Waals surface area contributed by atoms with Crippen molar-refractivity contribution >= 4 is 11.7 Å². The molecule has 0 aliphatic carbocycles. The van der Waals surface area contributed by atoms with E-state index in [2.05, 4.69) is 0 Å². The normalized spacial score (nSPS) is 12.0. The number of nitrogens with one attached hydrogen (secondary N) is 2. The van der Waals surface area contributed by atoms with Crippen LogP contribution in [0.5, 0.6) is 0 Å². The van der Waals surface area contributed by atoms with Gasteiger partial charge in [-0.3, -0.25) is 0 Å². The van der Waals surface area contributed by atoms with Crippen molar-refractivity contribution in [3.8, 4) is 0 Å². The number of rotatable bonds is 3. The van der Waals surface area contributed by atoms with Gasteiger partial charge in [0.15, 0.2) is 11.6 Å². The monoisotopic (exact) mass is 309 g/mol. The zero-order chi connectivity index (χ0) is 16.2. The van der Waals surface area contributed by atoms with Crippen LogP contribution in [0.1, 0.15) is 0 Å². The number of halogens is 5. The fourth-order valence-corrected chi connectivity index (χ4v) is 1.29. The fourth-order valence-electron chi connectivity index (χ4n) is 1.29. The van der Waals surface area contributed by atoms with E-state index in [4.69, 9.17) is 0 Å². The third kappa shape index (κ3) is 5.28. The molecule has 0 heterocycles. The molecule has 0 aromatic heterocycles. The number of hydrogen-bond acceptors (Lipinski definition) is 2. The molecule has 1 rings (SSSR count). The van der Waals surface area contributed by atoms with Crippen LogP contribution >= 0.6 is 0 Å². The van der Waals surface area contributed by atoms with Crippen LogP contribution < -0.4 is 10.6 Å². The van der Waals surface area contributed by atoms with Crippen LogP contribution in [0.2, 0.25) is 0 Å². The summed E-state index contributed by atoms with van der Waals surface area (Å²) < 4.78 is 63.5. The van der Waals surface area contributed by atoms with Gasteiger partial charge in [0.25, 0.3) is 0 Å². The van der Waals surface area contributed by atoms with E-state index in [-0.39, 0.29) is 5.69 Å². The topological polar surface area (TPSA) is 44.4 Å². The van der Waals surface area contributed by atoms with Gasteiger partial charge in [0.05, 0.1) is 0 Å². The van der Waals surface area contributed by atoms with Crippen molar-refractivity contribution in [3.05, 3.63) is 41.7 Å². The Morgan fingerprint density at radius 1 is 1.19 bits per heavy atom. The lowest BCUT2D eigenvalue weighted by molar-refractivity contribution is -0.0963. The number of urea groups is 1. The maximum Gasteiger partial charge on any atom is 0.432 e. The highest BCUT2D eigenvalue weighted by molar-refractivity contribution is 5.90. The number of nitrogens with zero attached hydrogens (tertiary/aromatic N) is 1. The van der Waals surface area contributed by atoms with Crippen LogP contribution in [0.25, 0.3) is 0 Å². The molecule has 2 N–H and O–H groups in total. The number of benzene rings is 1. The minimum Gasteiger partial charge on any atom is -0.382 e. The summed E-state index contributed by atoms with van der Waals surface area (Å²) in [6.07, 6.45) is -4.10. The summed E-state index contributed by atoms with van der Waals surface area (Å²) in [4.78, 5) is 12.5. The first-order valence-corrected chi connectivity index (χ1v) is 5.58. The predicted molar refractivity (Wildman–Crippen MR) is 66.3 cm³/mol. The molecule has 4 nitrogen and oxygen atoms in total. The van der Waals surface area contributed by atoms with E-state index >= 15 is 0 Å². The van der Waals surface area contributed by atoms with Crippen LogP contribution in [-0.2, 0) is 0 Å². The third-order valence-electron chi connectivity index (χ3n) is 2.12. The molecule has 0 fully saturated rings. The van der Waals surface area contributed by atoms with Gasteiger partial charge in [0, 0.05) is 32.0 Å². The zero-order valence-electron chi connectivity index (χ0n) is 11.1. The Kier molecular flexibility index (Phi) is 5.12. The van der Waals surface area contributed by atoms with Crippen LogP contribution in [0, 0.1) is 11.6 Å². The molecule has 0 atom stereocenters. The van der Waals surface area contributed by atoms with Crippen molar-refractivity contribution in [2.45, 2.75) is 6.18 Å². The number of anilines is 1. The second-order valence-corrected chi connectivity index (χ2v) is 4.21. The Labute approximate surface area is 117 Å². The Bertz CT molecular complexity index is 554. The van der Waals surface area contributed by atoms with E-state index < -0.39 is 29.5 Å². The number of amides is 2. The fraction of sp³-hybridized carbons (Fsp3) is 0.250. The Balaban J connectivity index is 2.81. The van der Waals surface area contributed by atoms with Gasteiger partial charge in [-0.2, -0.15) is 13.2 Å². The molecule has 1 aromatic carbocycles. The Hall–Kier alpha value is -2.32. The summed E-state index contributed by atoms with van der Waals surface area (Å²) in [5.74, 6) is -2.36. The highest BCUT2D eigenvalue weighted by Gasteiger charge is 2.35. The van der Waals surface area contributed by atoms with Crippen LogP contribution in [0.4, 0.5) is 32.4 Å². The zero-order valence-corrected chi connectivity index (χ0v) is 11.1. The predicted octanol–water partition coefficient (Wildman–Crippen LogP) is 3.05. The highest BCUT2D eigenvalue weighted by atomic mass is 19.4. The number of carbonyl (C=O) groups is 1. The van der Waals surface area contributed by atoms with Gasteiger partial charge in [0.1, 0.15) is 5.70 Å². The van der Waals surface area contributed by atoms with Gasteiger partial charge in [-0.05, 0) is 12.1 Å². The minimum atomic E-state index is -4.77. The number of carbonyl (C=O) groups excluding carboxylic acids is 1. The molecule has 0 aliphatic rings. The smallest absolute Gasteiger partial charge is 0.382 e. The van der Waals surface area contributed by atoms with Gasteiger partial charge in [-0.1, -0.05) is 0 Å². The summed E-state index contributed by atoms with van der Waals surface area (Å²) >= 11 is 0. The molecule has 0 bridgehead atoms.